The maximum Gasteiger partial charge on any atom is 0.254 e. The SMILES string of the molecule is CC1CN(C(=O)c2cc[n+]([O-])cc2)CC(C)O1. The van der Waals surface area contributed by atoms with Gasteiger partial charge >= 0.3 is 0 Å². The topological polar surface area (TPSA) is 56.5 Å². The van der Waals surface area contributed by atoms with Gasteiger partial charge in [0, 0.05) is 25.2 Å². The van der Waals surface area contributed by atoms with Gasteiger partial charge in [-0.25, -0.2) is 0 Å². The molecule has 17 heavy (non-hydrogen) atoms. The Hall–Kier alpha value is -1.62. The van der Waals surface area contributed by atoms with Gasteiger partial charge in [0.15, 0.2) is 12.4 Å². The van der Waals surface area contributed by atoms with E-state index in [4.69, 9.17) is 4.74 Å². The van der Waals surface area contributed by atoms with Gasteiger partial charge in [-0.1, -0.05) is 0 Å². The molecule has 0 saturated carbocycles. The predicted octanol–water partition coefficient (Wildman–Crippen LogP) is 0.569. The highest BCUT2D eigenvalue weighted by molar-refractivity contribution is 5.94. The average Bonchev–Trinajstić information content (AvgIpc) is 2.28. The highest BCUT2D eigenvalue weighted by Gasteiger charge is 2.26. The summed E-state index contributed by atoms with van der Waals surface area (Å²) in [4.78, 5) is 13.9. The van der Waals surface area contributed by atoms with Crippen LogP contribution in [0.4, 0.5) is 0 Å². The maximum absolute atomic E-state index is 12.2. The molecule has 1 aliphatic rings. The second-order valence-corrected chi connectivity index (χ2v) is 4.41. The molecule has 0 radical (unpaired) electrons. The number of carbonyl (C=O) groups excluding carboxylic acids is 1. The van der Waals surface area contributed by atoms with Crippen LogP contribution in [0.25, 0.3) is 0 Å². The first-order valence-corrected chi connectivity index (χ1v) is 5.70. The third-order valence-electron chi connectivity index (χ3n) is 2.76. The number of rotatable bonds is 1. The van der Waals surface area contributed by atoms with Crippen molar-refractivity contribution in [2.24, 2.45) is 0 Å². The van der Waals surface area contributed by atoms with E-state index in [-0.39, 0.29) is 18.1 Å². The van der Waals surface area contributed by atoms with Crippen molar-refractivity contribution in [2.45, 2.75) is 26.1 Å². The number of ether oxygens (including phenoxy) is 1. The summed E-state index contributed by atoms with van der Waals surface area (Å²) in [6, 6.07) is 3.08. The number of hydrogen-bond donors (Lipinski definition) is 0. The third kappa shape index (κ3) is 2.74. The summed E-state index contributed by atoms with van der Waals surface area (Å²) in [6.45, 7) is 5.09. The van der Waals surface area contributed by atoms with E-state index in [2.05, 4.69) is 0 Å². The van der Waals surface area contributed by atoms with E-state index in [1.54, 1.807) is 17.0 Å². The number of amides is 1. The number of hydrogen-bond acceptors (Lipinski definition) is 3. The minimum atomic E-state index is -0.0485. The van der Waals surface area contributed by atoms with Gasteiger partial charge in [-0.3, -0.25) is 4.79 Å². The molecule has 5 nitrogen and oxygen atoms in total. The van der Waals surface area contributed by atoms with Crippen molar-refractivity contribution in [2.75, 3.05) is 13.1 Å². The molecule has 1 fully saturated rings. The summed E-state index contributed by atoms with van der Waals surface area (Å²) in [5, 5.41) is 10.9. The van der Waals surface area contributed by atoms with Crippen LogP contribution in [0.2, 0.25) is 0 Å². The largest absolute Gasteiger partial charge is 0.619 e. The van der Waals surface area contributed by atoms with Crippen LogP contribution in [-0.4, -0.2) is 36.1 Å². The highest BCUT2D eigenvalue weighted by Crippen LogP contribution is 2.13. The van der Waals surface area contributed by atoms with Crippen molar-refractivity contribution in [3.05, 3.63) is 35.3 Å². The van der Waals surface area contributed by atoms with Crippen LogP contribution in [0.1, 0.15) is 24.2 Å². The summed E-state index contributed by atoms with van der Waals surface area (Å²) >= 11 is 0. The zero-order chi connectivity index (χ0) is 12.4. The Kier molecular flexibility index (Phi) is 3.28. The molecule has 0 spiro atoms. The zero-order valence-corrected chi connectivity index (χ0v) is 10.00. The Labute approximate surface area is 100 Å². The average molecular weight is 236 g/mol. The molecule has 1 aromatic rings. The van der Waals surface area contributed by atoms with Crippen molar-refractivity contribution in [3.63, 3.8) is 0 Å². The second kappa shape index (κ2) is 4.71. The van der Waals surface area contributed by atoms with Crippen molar-refractivity contribution in [3.8, 4) is 0 Å². The molecule has 0 bridgehead atoms. The van der Waals surface area contributed by atoms with Crippen LogP contribution in [0.3, 0.4) is 0 Å². The number of morpholine rings is 1. The molecule has 1 aliphatic heterocycles. The molecule has 0 aliphatic carbocycles. The lowest BCUT2D eigenvalue weighted by Gasteiger charge is -2.35. The minimum Gasteiger partial charge on any atom is -0.619 e. The smallest absolute Gasteiger partial charge is 0.254 e. The van der Waals surface area contributed by atoms with Crippen LogP contribution in [0, 0.1) is 5.21 Å². The molecule has 1 aromatic heterocycles. The quantitative estimate of drug-likeness (QED) is 0.529. The van der Waals surface area contributed by atoms with Crippen LogP contribution in [-0.2, 0) is 4.74 Å². The Morgan fingerprint density at radius 1 is 1.35 bits per heavy atom. The molecule has 0 N–H and O–H groups in total. The molecule has 2 atom stereocenters. The van der Waals surface area contributed by atoms with Gasteiger partial charge in [0.05, 0.1) is 17.8 Å². The fourth-order valence-electron chi connectivity index (χ4n) is 2.08. The zero-order valence-electron chi connectivity index (χ0n) is 10.00. The molecular weight excluding hydrogens is 220 g/mol. The van der Waals surface area contributed by atoms with Gasteiger partial charge in [0.2, 0.25) is 0 Å². The van der Waals surface area contributed by atoms with E-state index >= 15 is 0 Å². The van der Waals surface area contributed by atoms with Gasteiger partial charge < -0.3 is 14.8 Å². The number of pyridine rings is 1. The van der Waals surface area contributed by atoms with Crippen molar-refractivity contribution in [1.82, 2.24) is 4.90 Å². The number of aromatic nitrogens is 1. The summed E-state index contributed by atoms with van der Waals surface area (Å²) in [5.74, 6) is -0.0485. The Balaban J connectivity index is 2.11. The van der Waals surface area contributed by atoms with Crippen LogP contribution < -0.4 is 4.73 Å². The number of carbonyl (C=O) groups is 1. The standard InChI is InChI=1S/C12H16N2O3/c1-9-7-13(8-10(2)17-9)12(15)11-3-5-14(16)6-4-11/h3-6,9-10H,7-8H2,1-2H3. The van der Waals surface area contributed by atoms with E-state index in [9.17, 15) is 10.0 Å². The van der Waals surface area contributed by atoms with E-state index in [0.717, 1.165) is 0 Å². The van der Waals surface area contributed by atoms with Crippen LogP contribution >= 0.6 is 0 Å². The van der Waals surface area contributed by atoms with Gasteiger partial charge in [0.1, 0.15) is 0 Å². The van der Waals surface area contributed by atoms with E-state index < -0.39 is 0 Å². The lowest BCUT2D eigenvalue weighted by Crippen LogP contribution is -2.48. The first-order chi connectivity index (χ1) is 8.06. The predicted molar refractivity (Wildman–Crippen MR) is 61.3 cm³/mol. The molecule has 92 valence electrons. The second-order valence-electron chi connectivity index (χ2n) is 4.41. The minimum absolute atomic E-state index is 0.0485. The molecule has 0 aromatic carbocycles. The highest BCUT2D eigenvalue weighted by atomic mass is 16.5. The number of nitrogens with zero attached hydrogens (tertiary/aromatic N) is 2. The van der Waals surface area contributed by atoms with Gasteiger partial charge in [-0.05, 0) is 13.8 Å². The summed E-state index contributed by atoms with van der Waals surface area (Å²) in [7, 11) is 0. The lowest BCUT2D eigenvalue weighted by atomic mass is 10.2. The monoisotopic (exact) mass is 236 g/mol. The third-order valence-corrected chi connectivity index (χ3v) is 2.76. The lowest BCUT2D eigenvalue weighted by molar-refractivity contribution is -0.605. The van der Waals surface area contributed by atoms with Crippen molar-refractivity contribution < 1.29 is 14.3 Å². The fraction of sp³-hybridized carbons (Fsp3) is 0.500. The molecule has 2 unspecified atom stereocenters. The first kappa shape index (κ1) is 11.9. The first-order valence-electron chi connectivity index (χ1n) is 5.70. The van der Waals surface area contributed by atoms with Crippen LogP contribution in [0.15, 0.2) is 24.5 Å². The molecule has 5 heteroatoms. The Bertz CT molecular complexity index is 395. The normalized spacial score (nSPS) is 24.7. The van der Waals surface area contributed by atoms with Gasteiger partial charge in [0.25, 0.3) is 5.91 Å². The summed E-state index contributed by atoms with van der Waals surface area (Å²) < 4.78 is 6.24. The maximum atomic E-state index is 12.2. The Morgan fingerprint density at radius 2 is 1.88 bits per heavy atom. The van der Waals surface area contributed by atoms with Crippen molar-refractivity contribution >= 4 is 5.91 Å². The van der Waals surface area contributed by atoms with Crippen molar-refractivity contribution in [1.29, 1.82) is 0 Å². The molecule has 2 rings (SSSR count). The fourth-order valence-corrected chi connectivity index (χ4v) is 2.08. The molecule has 1 saturated heterocycles. The van der Waals surface area contributed by atoms with Gasteiger partial charge in [-0.2, -0.15) is 4.73 Å². The van der Waals surface area contributed by atoms with E-state index in [1.807, 2.05) is 13.8 Å². The molecule has 2 heterocycles. The van der Waals surface area contributed by atoms with Gasteiger partial charge in [-0.15, -0.1) is 0 Å². The summed E-state index contributed by atoms with van der Waals surface area (Å²) in [6.07, 6.45) is 2.77. The Morgan fingerprint density at radius 3 is 2.41 bits per heavy atom. The summed E-state index contributed by atoms with van der Waals surface area (Å²) in [5.41, 5.74) is 0.540. The molecular formula is C12H16N2O3. The van der Waals surface area contributed by atoms with Crippen LogP contribution in [0.5, 0.6) is 0 Å². The molecule has 1 amide bonds. The van der Waals surface area contributed by atoms with E-state index in [1.165, 1.54) is 12.4 Å². The van der Waals surface area contributed by atoms with E-state index in [0.29, 0.717) is 23.4 Å².